The first-order valence-corrected chi connectivity index (χ1v) is 7.95. The summed E-state index contributed by atoms with van der Waals surface area (Å²) in [6, 6.07) is -0.570. The van der Waals surface area contributed by atoms with Crippen LogP contribution >= 0.6 is 0 Å². The Labute approximate surface area is 110 Å². The minimum Gasteiger partial charge on any atom is -0.386 e. The van der Waals surface area contributed by atoms with Crippen LogP contribution in [0.4, 0.5) is 0 Å². The number of nitrogens with one attached hydrogen (secondary N) is 2. The molecule has 1 aliphatic rings. The number of hydrogen-bond donors (Lipinski definition) is 3. The van der Waals surface area contributed by atoms with Crippen LogP contribution in [0.2, 0.25) is 0 Å². The molecular weight excluding hydrogens is 252 g/mol. The minimum atomic E-state index is -3.54. The maximum absolute atomic E-state index is 12.2. The molecule has 1 fully saturated rings. The van der Waals surface area contributed by atoms with Gasteiger partial charge in [0.15, 0.2) is 0 Å². The molecular formula is C11H24N4O2S. The lowest BCUT2D eigenvalue weighted by molar-refractivity contribution is 0.264. The van der Waals surface area contributed by atoms with Crippen LogP contribution in [0.25, 0.3) is 0 Å². The van der Waals surface area contributed by atoms with Crippen molar-refractivity contribution in [3.05, 3.63) is 0 Å². The number of hydrogen-bond acceptors (Lipinski definition) is 3. The Morgan fingerprint density at radius 2 is 2.22 bits per heavy atom. The van der Waals surface area contributed by atoms with E-state index in [1.165, 1.54) is 4.31 Å². The topological polar surface area (TPSA) is 99.3 Å². The highest BCUT2D eigenvalue weighted by molar-refractivity contribution is 7.87. The van der Waals surface area contributed by atoms with Gasteiger partial charge in [0.25, 0.3) is 10.2 Å². The third kappa shape index (κ3) is 3.93. The van der Waals surface area contributed by atoms with Crippen molar-refractivity contribution in [2.75, 3.05) is 6.54 Å². The lowest BCUT2D eigenvalue weighted by Gasteiger charge is -2.33. The normalized spacial score (nSPS) is 23.8. The Bertz CT molecular complexity index is 383. The van der Waals surface area contributed by atoms with Gasteiger partial charge >= 0.3 is 0 Å². The molecule has 0 bridgehead atoms. The fourth-order valence-electron chi connectivity index (χ4n) is 2.24. The van der Waals surface area contributed by atoms with E-state index in [0.29, 0.717) is 13.0 Å². The van der Waals surface area contributed by atoms with Gasteiger partial charge in [-0.2, -0.15) is 17.4 Å². The van der Waals surface area contributed by atoms with Gasteiger partial charge in [0.05, 0.1) is 6.04 Å². The smallest absolute Gasteiger partial charge is 0.280 e. The summed E-state index contributed by atoms with van der Waals surface area (Å²) >= 11 is 0. The van der Waals surface area contributed by atoms with Crippen LogP contribution in [0.3, 0.4) is 0 Å². The molecule has 1 heterocycles. The van der Waals surface area contributed by atoms with E-state index in [-0.39, 0.29) is 11.9 Å². The molecule has 0 spiro atoms. The second-order valence-corrected chi connectivity index (χ2v) is 6.53. The molecule has 0 saturated carbocycles. The molecule has 18 heavy (non-hydrogen) atoms. The van der Waals surface area contributed by atoms with E-state index in [1.807, 2.05) is 13.8 Å². The van der Waals surface area contributed by atoms with Crippen LogP contribution < -0.4 is 10.5 Å². The van der Waals surface area contributed by atoms with E-state index in [4.69, 9.17) is 11.1 Å². The highest BCUT2D eigenvalue weighted by atomic mass is 32.2. The molecule has 0 aromatic heterocycles. The van der Waals surface area contributed by atoms with Crippen molar-refractivity contribution in [2.24, 2.45) is 5.73 Å². The summed E-state index contributed by atoms with van der Waals surface area (Å²) in [6.45, 7) is 4.40. The van der Waals surface area contributed by atoms with E-state index in [9.17, 15) is 8.42 Å². The highest BCUT2D eigenvalue weighted by Gasteiger charge is 2.31. The van der Waals surface area contributed by atoms with Gasteiger partial charge in [0.1, 0.15) is 5.84 Å². The van der Waals surface area contributed by atoms with Gasteiger partial charge in [-0.1, -0.05) is 19.8 Å². The van der Waals surface area contributed by atoms with Gasteiger partial charge in [-0.3, -0.25) is 5.41 Å². The summed E-state index contributed by atoms with van der Waals surface area (Å²) in [5.74, 6) is -0.120. The van der Waals surface area contributed by atoms with Gasteiger partial charge in [0.2, 0.25) is 0 Å². The van der Waals surface area contributed by atoms with Crippen LogP contribution in [0.1, 0.15) is 46.0 Å². The molecule has 1 aliphatic heterocycles. The van der Waals surface area contributed by atoms with Crippen LogP contribution in [0.5, 0.6) is 0 Å². The van der Waals surface area contributed by atoms with Gasteiger partial charge in [0, 0.05) is 12.6 Å². The Balaban J connectivity index is 2.75. The maximum Gasteiger partial charge on any atom is 0.280 e. The van der Waals surface area contributed by atoms with E-state index < -0.39 is 16.3 Å². The van der Waals surface area contributed by atoms with Crippen LogP contribution in [0, 0.1) is 5.41 Å². The lowest BCUT2D eigenvalue weighted by Crippen LogP contribution is -2.53. The molecule has 0 amide bonds. The second-order valence-electron chi connectivity index (χ2n) is 4.88. The van der Waals surface area contributed by atoms with Gasteiger partial charge < -0.3 is 5.73 Å². The molecule has 6 nitrogen and oxygen atoms in total. The average molecular weight is 276 g/mol. The summed E-state index contributed by atoms with van der Waals surface area (Å²) < 4.78 is 28.5. The third-order valence-electron chi connectivity index (χ3n) is 3.29. The largest absolute Gasteiger partial charge is 0.386 e. The molecule has 0 aliphatic carbocycles. The average Bonchev–Trinajstić information content (AvgIpc) is 2.28. The minimum absolute atomic E-state index is 0.0190. The Morgan fingerprint density at radius 1 is 1.56 bits per heavy atom. The van der Waals surface area contributed by atoms with E-state index in [2.05, 4.69) is 4.72 Å². The Kier molecular flexibility index (Phi) is 5.55. The zero-order valence-corrected chi connectivity index (χ0v) is 12.0. The predicted octanol–water partition coefficient (Wildman–Crippen LogP) is 0.800. The number of rotatable bonds is 6. The molecule has 0 aromatic carbocycles. The Morgan fingerprint density at radius 3 is 2.72 bits per heavy atom. The molecule has 4 N–H and O–H groups in total. The summed E-state index contributed by atoms with van der Waals surface area (Å²) in [5.41, 5.74) is 5.43. The molecule has 1 rings (SSSR count). The first-order valence-electron chi connectivity index (χ1n) is 6.51. The molecule has 7 heteroatoms. The van der Waals surface area contributed by atoms with E-state index >= 15 is 0 Å². The maximum atomic E-state index is 12.2. The quantitative estimate of drug-likeness (QED) is 0.494. The van der Waals surface area contributed by atoms with Crippen molar-refractivity contribution in [3.8, 4) is 0 Å². The van der Waals surface area contributed by atoms with Crippen molar-refractivity contribution < 1.29 is 8.42 Å². The summed E-state index contributed by atoms with van der Waals surface area (Å²) in [4.78, 5) is 0. The summed E-state index contributed by atoms with van der Waals surface area (Å²) in [5, 5.41) is 7.43. The number of nitrogens with two attached hydrogens (primary N) is 1. The summed E-state index contributed by atoms with van der Waals surface area (Å²) in [6.07, 6.45) is 4.18. The second kappa shape index (κ2) is 6.49. The standard InChI is InChI=1S/C11H24N4O2S/c1-3-6-10(11(12)13)14-18(16,17)15-8-5-4-7-9(15)2/h9-10,14H,3-8H2,1-2H3,(H3,12,13). The SMILES string of the molecule is CCCC(NS(=O)(=O)N1CCCCC1C)C(=N)N. The van der Waals surface area contributed by atoms with Crippen LogP contribution in [0.15, 0.2) is 0 Å². The monoisotopic (exact) mass is 276 g/mol. The number of nitrogens with zero attached hydrogens (tertiary/aromatic N) is 1. The molecule has 2 atom stereocenters. The van der Waals surface area contributed by atoms with E-state index in [0.717, 1.165) is 25.7 Å². The van der Waals surface area contributed by atoms with Crippen LogP contribution in [-0.4, -0.2) is 37.2 Å². The summed E-state index contributed by atoms with van der Waals surface area (Å²) in [7, 11) is -3.54. The van der Waals surface area contributed by atoms with E-state index in [1.54, 1.807) is 0 Å². The number of amidine groups is 1. The number of piperidine rings is 1. The van der Waals surface area contributed by atoms with Crippen molar-refractivity contribution in [3.63, 3.8) is 0 Å². The highest BCUT2D eigenvalue weighted by Crippen LogP contribution is 2.19. The first kappa shape index (κ1) is 15.4. The molecule has 106 valence electrons. The molecule has 1 saturated heterocycles. The van der Waals surface area contributed by atoms with Gasteiger partial charge in [-0.05, 0) is 26.2 Å². The molecule has 0 aromatic rings. The van der Waals surface area contributed by atoms with Gasteiger partial charge in [-0.15, -0.1) is 0 Å². The lowest BCUT2D eigenvalue weighted by atomic mass is 10.1. The fraction of sp³-hybridized carbons (Fsp3) is 0.909. The van der Waals surface area contributed by atoms with Crippen molar-refractivity contribution in [1.29, 1.82) is 5.41 Å². The van der Waals surface area contributed by atoms with Crippen molar-refractivity contribution in [1.82, 2.24) is 9.03 Å². The third-order valence-corrected chi connectivity index (χ3v) is 5.04. The van der Waals surface area contributed by atoms with Crippen molar-refractivity contribution in [2.45, 2.75) is 58.0 Å². The first-order chi connectivity index (χ1) is 8.38. The van der Waals surface area contributed by atoms with Crippen molar-refractivity contribution >= 4 is 16.0 Å². The predicted molar refractivity (Wildman–Crippen MR) is 72.7 cm³/mol. The van der Waals surface area contributed by atoms with Crippen LogP contribution in [-0.2, 0) is 10.2 Å². The van der Waals surface area contributed by atoms with Gasteiger partial charge in [-0.25, -0.2) is 0 Å². The zero-order chi connectivity index (χ0) is 13.8. The fourth-order valence-corrected chi connectivity index (χ4v) is 3.93. The molecule has 0 radical (unpaired) electrons. The Hall–Kier alpha value is -0.660. The zero-order valence-electron chi connectivity index (χ0n) is 11.1. The molecule has 2 unspecified atom stereocenters.